The first-order valence-electron chi connectivity index (χ1n) is 8.41. The van der Waals surface area contributed by atoms with Gasteiger partial charge in [-0.1, -0.05) is 0 Å². The maximum atomic E-state index is 12.1. The SMILES string of the molecule is CN1CCC(COC(=O)Nc2nc(-c3cccnc3)ccc2N)CC1. The van der Waals surface area contributed by atoms with E-state index in [1.165, 1.54) is 0 Å². The third kappa shape index (κ3) is 4.67. The molecule has 3 heterocycles. The van der Waals surface area contributed by atoms with E-state index < -0.39 is 6.09 Å². The van der Waals surface area contributed by atoms with Gasteiger partial charge in [-0.25, -0.2) is 9.78 Å². The molecular formula is C18H23N5O2. The molecule has 0 saturated carbocycles. The predicted octanol–water partition coefficient (Wildman–Crippen LogP) is 2.62. The van der Waals surface area contributed by atoms with Crippen LogP contribution in [0.3, 0.4) is 0 Å². The normalized spacial score (nSPS) is 15.7. The molecule has 1 aliphatic rings. The highest BCUT2D eigenvalue weighted by Gasteiger charge is 2.18. The number of hydrogen-bond acceptors (Lipinski definition) is 6. The van der Waals surface area contributed by atoms with Crippen molar-refractivity contribution in [2.45, 2.75) is 12.8 Å². The summed E-state index contributed by atoms with van der Waals surface area (Å²) in [5, 5.41) is 2.64. The first kappa shape index (κ1) is 17.2. The molecule has 0 radical (unpaired) electrons. The smallest absolute Gasteiger partial charge is 0.412 e. The number of amides is 1. The lowest BCUT2D eigenvalue weighted by atomic mass is 9.98. The predicted molar refractivity (Wildman–Crippen MR) is 97.1 cm³/mol. The molecule has 3 rings (SSSR count). The zero-order valence-electron chi connectivity index (χ0n) is 14.3. The second-order valence-corrected chi connectivity index (χ2v) is 6.35. The maximum absolute atomic E-state index is 12.1. The standard InChI is InChI=1S/C18H23N5O2/c1-23-9-6-13(7-10-23)12-25-18(24)22-17-15(19)4-5-16(21-17)14-3-2-8-20-11-14/h2-5,8,11,13H,6-7,9-10,12,19H2,1H3,(H,21,22,24). The molecule has 1 amide bonds. The van der Waals surface area contributed by atoms with Gasteiger partial charge >= 0.3 is 6.09 Å². The Kier molecular flexibility index (Phi) is 5.45. The van der Waals surface area contributed by atoms with Crippen LogP contribution in [0, 0.1) is 5.92 Å². The zero-order valence-corrected chi connectivity index (χ0v) is 14.3. The zero-order chi connectivity index (χ0) is 17.6. The summed E-state index contributed by atoms with van der Waals surface area (Å²) in [4.78, 5) is 22.8. The van der Waals surface area contributed by atoms with Gasteiger partial charge in [0.15, 0.2) is 5.82 Å². The summed E-state index contributed by atoms with van der Waals surface area (Å²) < 4.78 is 5.34. The van der Waals surface area contributed by atoms with Crippen LogP contribution in [0.4, 0.5) is 16.3 Å². The number of nitrogens with zero attached hydrogens (tertiary/aromatic N) is 3. The third-order valence-electron chi connectivity index (χ3n) is 4.39. The van der Waals surface area contributed by atoms with E-state index in [2.05, 4.69) is 27.2 Å². The minimum atomic E-state index is -0.526. The third-order valence-corrected chi connectivity index (χ3v) is 4.39. The molecule has 1 fully saturated rings. The van der Waals surface area contributed by atoms with Gasteiger partial charge in [0.25, 0.3) is 0 Å². The summed E-state index contributed by atoms with van der Waals surface area (Å²) in [5.74, 6) is 0.712. The van der Waals surface area contributed by atoms with Crippen molar-refractivity contribution in [3.8, 4) is 11.3 Å². The lowest BCUT2D eigenvalue weighted by molar-refractivity contribution is 0.113. The van der Waals surface area contributed by atoms with Crippen LogP contribution in [0.5, 0.6) is 0 Å². The topological polar surface area (TPSA) is 93.4 Å². The molecule has 7 nitrogen and oxygen atoms in total. The molecular weight excluding hydrogens is 318 g/mol. The van der Waals surface area contributed by atoms with Gasteiger partial charge in [0, 0.05) is 18.0 Å². The number of hydrogen-bond donors (Lipinski definition) is 2. The number of carbonyl (C=O) groups excluding carboxylic acids is 1. The Morgan fingerprint density at radius 3 is 2.88 bits per heavy atom. The summed E-state index contributed by atoms with van der Waals surface area (Å²) in [5.41, 5.74) is 7.85. The van der Waals surface area contributed by atoms with Crippen molar-refractivity contribution in [2.75, 3.05) is 37.8 Å². The number of ether oxygens (including phenoxy) is 1. The number of nitrogens with two attached hydrogens (primary N) is 1. The van der Waals surface area contributed by atoms with Gasteiger partial charge in [-0.15, -0.1) is 0 Å². The Hall–Kier alpha value is -2.67. The molecule has 0 unspecified atom stereocenters. The van der Waals surface area contributed by atoms with Gasteiger partial charge in [-0.05, 0) is 63.2 Å². The van der Waals surface area contributed by atoms with Gasteiger partial charge in [-0.2, -0.15) is 0 Å². The molecule has 3 N–H and O–H groups in total. The van der Waals surface area contributed by atoms with Crippen molar-refractivity contribution in [2.24, 2.45) is 5.92 Å². The first-order valence-corrected chi connectivity index (χ1v) is 8.41. The molecule has 0 aromatic carbocycles. The summed E-state index contributed by atoms with van der Waals surface area (Å²) in [6.07, 6.45) is 4.96. The average molecular weight is 341 g/mol. The number of pyridine rings is 2. The van der Waals surface area contributed by atoms with Gasteiger partial charge in [0.05, 0.1) is 18.0 Å². The van der Waals surface area contributed by atoms with Gasteiger partial charge in [0.2, 0.25) is 0 Å². The molecule has 25 heavy (non-hydrogen) atoms. The molecule has 132 valence electrons. The van der Waals surface area contributed by atoms with Crippen molar-refractivity contribution in [1.29, 1.82) is 0 Å². The number of anilines is 2. The Morgan fingerprint density at radius 1 is 1.36 bits per heavy atom. The van der Waals surface area contributed by atoms with Crippen molar-refractivity contribution in [3.05, 3.63) is 36.7 Å². The van der Waals surface area contributed by atoms with E-state index in [-0.39, 0.29) is 0 Å². The molecule has 7 heteroatoms. The number of carbonyl (C=O) groups is 1. The number of aromatic nitrogens is 2. The number of nitrogens with one attached hydrogen (secondary N) is 1. The van der Waals surface area contributed by atoms with Gasteiger partial charge in [0.1, 0.15) is 0 Å². The molecule has 0 bridgehead atoms. The maximum Gasteiger partial charge on any atom is 0.412 e. The van der Waals surface area contributed by atoms with Crippen LogP contribution in [0.1, 0.15) is 12.8 Å². The van der Waals surface area contributed by atoms with Crippen LogP contribution in [0.2, 0.25) is 0 Å². The Bertz CT molecular complexity index is 715. The Labute approximate surface area is 147 Å². The summed E-state index contributed by atoms with van der Waals surface area (Å²) in [6.45, 7) is 2.50. The summed E-state index contributed by atoms with van der Waals surface area (Å²) >= 11 is 0. The number of likely N-dealkylation sites (tertiary alicyclic amines) is 1. The molecule has 2 aromatic heterocycles. The van der Waals surface area contributed by atoms with Crippen LogP contribution >= 0.6 is 0 Å². The molecule has 2 aromatic rings. The highest BCUT2D eigenvalue weighted by molar-refractivity contribution is 5.87. The van der Waals surface area contributed by atoms with E-state index in [0.717, 1.165) is 31.5 Å². The summed E-state index contributed by atoms with van der Waals surface area (Å²) in [7, 11) is 2.10. The van der Waals surface area contributed by atoms with Crippen LogP contribution in [0.25, 0.3) is 11.3 Å². The van der Waals surface area contributed by atoms with Crippen LogP contribution in [0.15, 0.2) is 36.7 Å². The van der Waals surface area contributed by atoms with E-state index in [4.69, 9.17) is 10.5 Å². The highest BCUT2D eigenvalue weighted by Crippen LogP contribution is 2.23. The number of rotatable bonds is 4. The molecule has 0 aliphatic carbocycles. The number of piperidine rings is 1. The average Bonchev–Trinajstić information content (AvgIpc) is 2.64. The van der Waals surface area contributed by atoms with Crippen molar-refractivity contribution in [3.63, 3.8) is 0 Å². The monoisotopic (exact) mass is 341 g/mol. The molecule has 0 spiro atoms. The van der Waals surface area contributed by atoms with Crippen LogP contribution in [-0.4, -0.2) is 47.7 Å². The minimum absolute atomic E-state index is 0.301. The van der Waals surface area contributed by atoms with E-state index in [1.807, 2.05) is 12.1 Å². The van der Waals surface area contributed by atoms with Crippen molar-refractivity contribution >= 4 is 17.6 Å². The second-order valence-electron chi connectivity index (χ2n) is 6.35. The summed E-state index contributed by atoms with van der Waals surface area (Å²) in [6, 6.07) is 7.23. The minimum Gasteiger partial charge on any atom is -0.449 e. The van der Waals surface area contributed by atoms with E-state index in [0.29, 0.717) is 29.7 Å². The van der Waals surface area contributed by atoms with Crippen LogP contribution in [-0.2, 0) is 4.74 Å². The van der Waals surface area contributed by atoms with Crippen molar-refractivity contribution < 1.29 is 9.53 Å². The lowest BCUT2D eigenvalue weighted by Gasteiger charge is -2.28. The fourth-order valence-corrected chi connectivity index (χ4v) is 2.80. The molecule has 1 saturated heterocycles. The van der Waals surface area contributed by atoms with Gasteiger partial charge < -0.3 is 15.4 Å². The fraction of sp³-hybridized carbons (Fsp3) is 0.389. The van der Waals surface area contributed by atoms with Crippen molar-refractivity contribution in [1.82, 2.24) is 14.9 Å². The molecule has 0 atom stereocenters. The Balaban J connectivity index is 1.59. The second kappa shape index (κ2) is 7.94. The fourth-order valence-electron chi connectivity index (χ4n) is 2.80. The van der Waals surface area contributed by atoms with E-state index >= 15 is 0 Å². The highest BCUT2D eigenvalue weighted by atomic mass is 16.5. The molecule has 1 aliphatic heterocycles. The Morgan fingerprint density at radius 2 is 2.16 bits per heavy atom. The lowest BCUT2D eigenvalue weighted by Crippen LogP contribution is -2.32. The largest absolute Gasteiger partial charge is 0.449 e. The first-order chi connectivity index (χ1) is 12.1. The van der Waals surface area contributed by atoms with Gasteiger partial charge in [-0.3, -0.25) is 10.3 Å². The quantitative estimate of drug-likeness (QED) is 0.888. The van der Waals surface area contributed by atoms with Crippen LogP contribution < -0.4 is 11.1 Å². The van der Waals surface area contributed by atoms with E-state index in [9.17, 15) is 4.79 Å². The van der Waals surface area contributed by atoms with E-state index in [1.54, 1.807) is 24.5 Å². The number of nitrogen functional groups attached to an aromatic ring is 1.